The highest BCUT2D eigenvalue weighted by Gasteiger charge is 2.17. The molecule has 19 heavy (non-hydrogen) atoms. The van der Waals surface area contributed by atoms with Gasteiger partial charge in [-0.15, -0.1) is 0 Å². The van der Waals surface area contributed by atoms with Gasteiger partial charge in [0.25, 0.3) is 0 Å². The van der Waals surface area contributed by atoms with Crippen molar-refractivity contribution in [3.05, 3.63) is 35.0 Å². The maximum Gasteiger partial charge on any atom is 0.224 e. The van der Waals surface area contributed by atoms with E-state index in [1.54, 1.807) is 0 Å². The highest BCUT2D eigenvalue weighted by molar-refractivity contribution is 6.31. The van der Waals surface area contributed by atoms with Crippen LogP contribution in [0.3, 0.4) is 0 Å². The summed E-state index contributed by atoms with van der Waals surface area (Å²) in [5.74, 6) is 0.104. The number of carbonyl (C=O) groups excluding carboxylic acids is 1. The summed E-state index contributed by atoms with van der Waals surface area (Å²) in [5, 5.41) is 4.85. The molecule has 1 aliphatic carbocycles. The van der Waals surface area contributed by atoms with Gasteiger partial charge in [0, 0.05) is 28.2 Å². The van der Waals surface area contributed by atoms with Crippen molar-refractivity contribution in [2.45, 2.75) is 38.1 Å². The molecule has 1 saturated carbocycles. The predicted octanol–water partition coefficient (Wildman–Crippen LogP) is 3.42. The molecule has 1 aliphatic rings. The number of aromatic amines is 1. The van der Waals surface area contributed by atoms with Gasteiger partial charge < -0.3 is 10.3 Å². The Morgan fingerprint density at radius 3 is 2.95 bits per heavy atom. The number of H-pyrrole nitrogens is 1. The van der Waals surface area contributed by atoms with E-state index in [4.69, 9.17) is 11.6 Å². The van der Waals surface area contributed by atoms with Gasteiger partial charge in [-0.1, -0.05) is 24.4 Å². The number of carbonyl (C=O) groups is 1. The van der Waals surface area contributed by atoms with Crippen LogP contribution in [0.5, 0.6) is 0 Å². The third kappa shape index (κ3) is 2.76. The quantitative estimate of drug-likeness (QED) is 0.886. The molecule has 2 aromatic rings. The third-order valence-electron chi connectivity index (χ3n) is 3.80. The summed E-state index contributed by atoms with van der Waals surface area (Å²) in [6, 6.07) is 6.07. The Balaban J connectivity index is 1.73. The Labute approximate surface area is 117 Å². The molecule has 2 N–H and O–H groups in total. The fourth-order valence-corrected chi connectivity index (χ4v) is 2.99. The van der Waals surface area contributed by atoms with Gasteiger partial charge in [0.1, 0.15) is 0 Å². The van der Waals surface area contributed by atoms with Gasteiger partial charge in [-0.05, 0) is 36.6 Å². The summed E-state index contributed by atoms with van der Waals surface area (Å²) in [4.78, 5) is 15.2. The van der Waals surface area contributed by atoms with Crippen LogP contribution in [0.2, 0.25) is 5.02 Å². The van der Waals surface area contributed by atoms with E-state index in [0.29, 0.717) is 17.5 Å². The van der Waals surface area contributed by atoms with E-state index in [9.17, 15) is 4.79 Å². The second-order valence-electron chi connectivity index (χ2n) is 5.23. The van der Waals surface area contributed by atoms with Crippen LogP contribution in [-0.4, -0.2) is 16.9 Å². The van der Waals surface area contributed by atoms with Crippen LogP contribution in [0.25, 0.3) is 10.9 Å². The van der Waals surface area contributed by atoms with Gasteiger partial charge in [-0.3, -0.25) is 4.79 Å². The monoisotopic (exact) mass is 276 g/mol. The summed E-state index contributed by atoms with van der Waals surface area (Å²) in [6.45, 7) is 0. The highest BCUT2D eigenvalue weighted by atomic mass is 35.5. The van der Waals surface area contributed by atoms with Crippen molar-refractivity contribution in [2.75, 3.05) is 0 Å². The molecule has 0 saturated heterocycles. The number of amides is 1. The molecule has 0 atom stereocenters. The number of hydrogen-bond acceptors (Lipinski definition) is 1. The fourth-order valence-electron chi connectivity index (χ4n) is 2.82. The zero-order valence-corrected chi connectivity index (χ0v) is 11.5. The van der Waals surface area contributed by atoms with E-state index < -0.39 is 0 Å². The van der Waals surface area contributed by atoms with E-state index in [2.05, 4.69) is 10.3 Å². The normalized spacial score (nSPS) is 16.1. The van der Waals surface area contributed by atoms with E-state index in [1.807, 2.05) is 24.4 Å². The summed E-state index contributed by atoms with van der Waals surface area (Å²) < 4.78 is 0. The topological polar surface area (TPSA) is 44.9 Å². The minimum atomic E-state index is 0.104. The predicted molar refractivity (Wildman–Crippen MR) is 77.4 cm³/mol. The molecular formula is C15H17ClN2O. The van der Waals surface area contributed by atoms with Crippen molar-refractivity contribution in [1.82, 2.24) is 10.3 Å². The van der Waals surface area contributed by atoms with Gasteiger partial charge >= 0.3 is 0 Å². The van der Waals surface area contributed by atoms with Gasteiger partial charge in [0.15, 0.2) is 0 Å². The Hall–Kier alpha value is -1.48. The molecule has 4 heteroatoms. The van der Waals surface area contributed by atoms with Gasteiger partial charge in [0.05, 0.1) is 6.42 Å². The van der Waals surface area contributed by atoms with E-state index >= 15 is 0 Å². The number of aromatic nitrogens is 1. The molecule has 0 unspecified atom stereocenters. The lowest BCUT2D eigenvalue weighted by Gasteiger charge is -2.11. The Morgan fingerprint density at radius 2 is 2.16 bits per heavy atom. The SMILES string of the molecule is O=C(Cc1c[nH]c2ccc(Cl)cc12)NC1CCCC1. The molecule has 0 bridgehead atoms. The maximum absolute atomic E-state index is 12.0. The second-order valence-corrected chi connectivity index (χ2v) is 5.67. The molecule has 1 aromatic carbocycles. The van der Waals surface area contributed by atoms with Crippen molar-refractivity contribution in [1.29, 1.82) is 0 Å². The fraction of sp³-hybridized carbons (Fsp3) is 0.400. The molecule has 3 rings (SSSR count). The second kappa shape index (κ2) is 5.25. The van der Waals surface area contributed by atoms with Gasteiger partial charge in [-0.2, -0.15) is 0 Å². The van der Waals surface area contributed by atoms with Crippen molar-refractivity contribution in [3.8, 4) is 0 Å². The highest BCUT2D eigenvalue weighted by Crippen LogP contribution is 2.23. The first-order valence-electron chi connectivity index (χ1n) is 6.77. The van der Waals surface area contributed by atoms with Crippen molar-refractivity contribution in [3.63, 3.8) is 0 Å². The lowest BCUT2D eigenvalue weighted by molar-refractivity contribution is -0.121. The molecule has 100 valence electrons. The lowest BCUT2D eigenvalue weighted by atomic mass is 10.1. The smallest absolute Gasteiger partial charge is 0.224 e. The summed E-state index contributed by atoms with van der Waals surface area (Å²) >= 11 is 6.01. The first kappa shape index (κ1) is 12.5. The summed E-state index contributed by atoms with van der Waals surface area (Å²) in [5.41, 5.74) is 2.03. The van der Waals surface area contributed by atoms with Crippen molar-refractivity contribution in [2.24, 2.45) is 0 Å². The Morgan fingerprint density at radius 1 is 1.37 bits per heavy atom. The third-order valence-corrected chi connectivity index (χ3v) is 4.04. The first-order valence-corrected chi connectivity index (χ1v) is 7.15. The largest absolute Gasteiger partial charge is 0.361 e. The van der Waals surface area contributed by atoms with E-state index in [1.165, 1.54) is 12.8 Å². The average molecular weight is 277 g/mol. The number of fused-ring (bicyclic) bond motifs is 1. The van der Waals surface area contributed by atoms with Crippen molar-refractivity contribution < 1.29 is 4.79 Å². The number of benzene rings is 1. The van der Waals surface area contributed by atoms with Crippen LogP contribution >= 0.6 is 11.6 Å². The van der Waals surface area contributed by atoms with Crippen LogP contribution in [0, 0.1) is 0 Å². The van der Waals surface area contributed by atoms with E-state index in [-0.39, 0.29) is 5.91 Å². The van der Waals surface area contributed by atoms with Crippen LogP contribution in [-0.2, 0) is 11.2 Å². The Bertz CT molecular complexity index is 599. The first-order chi connectivity index (χ1) is 9.22. The zero-order chi connectivity index (χ0) is 13.2. The molecule has 0 aliphatic heterocycles. The molecule has 1 heterocycles. The Kier molecular flexibility index (Phi) is 3.47. The number of nitrogens with one attached hydrogen (secondary N) is 2. The standard InChI is InChI=1S/C15H17ClN2O/c16-11-5-6-14-13(8-11)10(9-17-14)7-15(19)18-12-3-1-2-4-12/h5-6,8-9,12,17H,1-4,7H2,(H,18,19). The molecule has 1 amide bonds. The molecule has 1 fully saturated rings. The molecule has 1 aromatic heterocycles. The number of halogens is 1. The summed E-state index contributed by atoms with van der Waals surface area (Å²) in [7, 11) is 0. The molecule has 0 spiro atoms. The van der Waals surface area contributed by atoms with Crippen LogP contribution in [0.4, 0.5) is 0 Å². The maximum atomic E-state index is 12.0. The van der Waals surface area contributed by atoms with E-state index in [0.717, 1.165) is 29.3 Å². The molecular weight excluding hydrogens is 260 g/mol. The lowest BCUT2D eigenvalue weighted by Crippen LogP contribution is -2.33. The van der Waals surface area contributed by atoms with Crippen molar-refractivity contribution >= 4 is 28.4 Å². The number of rotatable bonds is 3. The number of hydrogen-bond donors (Lipinski definition) is 2. The van der Waals surface area contributed by atoms with Crippen LogP contribution < -0.4 is 5.32 Å². The summed E-state index contributed by atoms with van der Waals surface area (Å²) in [6.07, 6.45) is 7.00. The minimum Gasteiger partial charge on any atom is -0.361 e. The minimum absolute atomic E-state index is 0.104. The van der Waals surface area contributed by atoms with Gasteiger partial charge in [0.2, 0.25) is 5.91 Å². The molecule has 0 radical (unpaired) electrons. The zero-order valence-electron chi connectivity index (χ0n) is 10.7. The molecule has 3 nitrogen and oxygen atoms in total. The average Bonchev–Trinajstić information content (AvgIpc) is 3.00. The van der Waals surface area contributed by atoms with Crippen LogP contribution in [0.15, 0.2) is 24.4 Å². The van der Waals surface area contributed by atoms with Crippen LogP contribution in [0.1, 0.15) is 31.2 Å². The van der Waals surface area contributed by atoms with Gasteiger partial charge in [-0.25, -0.2) is 0 Å².